The summed E-state index contributed by atoms with van der Waals surface area (Å²) in [5, 5.41) is 8.58. The van der Waals surface area contributed by atoms with Gasteiger partial charge in [0.15, 0.2) is 5.78 Å². The van der Waals surface area contributed by atoms with Crippen LogP contribution in [0, 0.1) is 11.8 Å². The molecule has 2 saturated heterocycles. The molecule has 41 heavy (non-hydrogen) atoms. The van der Waals surface area contributed by atoms with Crippen LogP contribution in [0.5, 0.6) is 5.75 Å². The minimum atomic E-state index is -0.947. The summed E-state index contributed by atoms with van der Waals surface area (Å²) in [7, 11) is 1.58. The number of amides is 3. The largest absolute Gasteiger partial charge is 0.497 e. The van der Waals surface area contributed by atoms with Crippen molar-refractivity contribution in [1.29, 1.82) is 0 Å². The van der Waals surface area contributed by atoms with E-state index in [1.165, 1.54) is 0 Å². The average molecular weight is 572 g/mol. The summed E-state index contributed by atoms with van der Waals surface area (Å²) in [5.74, 6) is 0.0632. The fourth-order valence-corrected chi connectivity index (χ4v) is 5.78. The van der Waals surface area contributed by atoms with E-state index in [2.05, 4.69) is 16.0 Å². The van der Waals surface area contributed by atoms with Crippen LogP contribution in [0.25, 0.3) is 0 Å². The topological polar surface area (TPSA) is 135 Å². The van der Waals surface area contributed by atoms with Gasteiger partial charge in [0.25, 0.3) is 0 Å². The molecule has 2 heterocycles. The molecule has 0 spiro atoms. The van der Waals surface area contributed by atoms with Crippen molar-refractivity contribution in [2.24, 2.45) is 11.8 Å². The average Bonchev–Trinajstić information content (AvgIpc) is 3.51. The van der Waals surface area contributed by atoms with Gasteiger partial charge in [0.05, 0.1) is 19.8 Å². The Balaban J connectivity index is 1.43. The molecule has 2 aliphatic heterocycles. The van der Waals surface area contributed by atoms with Crippen molar-refractivity contribution < 1.29 is 33.4 Å². The van der Waals surface area contributed by atoms with Crippen molar-refractivity contribution in [3.8, 4) is 5.75 Å². The highest BCUT2D eigenvalue weighted by atomic mass is 16.6. The summed E-state index contributed by atoms with van der Waals surface area (Å²) in [6.45, 7) is 5.00. The summed E-state index contributed by atoms with van der Waals surface area (Å²) in [5.41, 5.74) is -0.0484. The number of carbonyl (C=O) groups is 4. The van der Waals surface area contributed by atoms with Crippen LogP contribution < -0.4 is 20.7 Å². The Morgan fingerprint density at radius 1 is 0.927 bits per heavy atom. The molecule has 0 unspecified atom stereocenters. The summed E-state index contributed by atoms with van der Waals surface area (Å²) in [6.07, 6.45) is 7.08. The molecule has 0 radical (unpaired) electrons. The maximum absolute atomic E-state index is 13.7. The first-order valence-electron chi connectivity index (χ1n) is 15.0. The molecule has 1 aromatic carbocycles. The van der Waals surface area contributed by atoms with Crippen LogP contribution in [0.3, 0.4) is 0 Å². The SMILES string of the molecule is COc1ccc(C[C@H](NC(=O)[C@H](C)NC(=O)CC2CCOCC2)C(=O)N[C@@H](CC2CCCC2)C(=O)[C@]2(C)CO2)cc1. The van der Waals surface area contributed by atoms with E-state index in [1.54, 1.807) is 33.1 Å². The second kappa shape index (κ2) is 14.3. The first kappa shape index (κ1) is 31.0. The molecule has 10 heteroatoms. The quantitative estimate of drug-likeness (QED) is 0.292. The number of rotatable bonds is 14. The monoisotopic (exact) mass is 571 g/mol. The van der Waals surface area contributed by atoms with Crippen molar-refractivity contribution >= 4 is 23.5 Å². The molecule has 3 N–H and O–H groups in total. The molecule has 1 saturated carbocycles. The number of benzene rings is 1. The van der Waals surface area contributed by atoms with E-state index in [1.807, 2.05) is 12.1 Å². The molecule has 3 fully saturated rings. The second-order valence-electron chi connectivity index (χ2n) is 12.0. The Morgan fingerprint density at radius 3 is 2.17 bits per heavy atom. The standard InChI is InChI=1S/C31H45N3O7/c1-20(32-27(35)18-23-12-14-40-15-13-23)29(37)34-26(17-22-8-10-24(39-3)11-9-22)30(38)33-25(16-21-6-4-5-7-21)28(36)31(2)19-41-31/h8-11,20-21,23,25-26H,4-7,12-19H2,1-3H3,(H,32,35)(H,33,38)(H,34,37)/t20-,25-,26-,31-/m0/s1. The molecule has 3 amide bonds. The molecule has 3 aliphatic rings. The number of carbonyl (C=O) groups excluding carboxylic acids is 4. The van der Waals surface area contributed by atoms with Crippen molar-refractivity contribution in [1.82, 2.24) is 16.0 Å². The maximum atomic E-state index is 13.7. The molecule has 4 rings (SSSR count). The summed E-state index contributed by atoms with van der Waals surface area (Å²) < 4.78 is 16.0. The highest BCUT2D eigenvalue weighted by Gasteiger charge is 2.50. The van der Waals surface area contributed by atoms with Gasteiger partial charge >= 0.3 is 0 Å². The van der Waals surface area contributed by atoms with Gasteiger partial charge in [-0.2, -0.15) is 0 Å². The van der Waals surface area contributed by atoms with E-state index in [9.17, 15) is 19.2 Å². The van der Waals surface area contributed by atoms with E-state index < -0.39 is 35.5 Å². The van der Waals surface area contributed by atoms with Crippen molar-refractivity contribution in [3.63, 3.8) is 0 Å². The van der Waals surface area contributed by atoms with Gasteiger partial charge in [0.1, 0.15) is 23.4 Å². The third-order valence-corrected chi connectivity index (χ3v) is 8.59. The number of ketones is 1. The van der Waals surface area contributed by atoms with E-state index in [0.717, 1.165) is 44.1 Å². The summed E-state index contributed by atoms with van der Waals surface area (Å²) >= 11 is 0. The minimum absolute atomic E-state index is 0.124. The normalized spacial score (nSPS) is 23.2. The smallest absolute Gasteiger partial charge is 0.243 e. The van der Waals surface area contributed by atoms with Crippen molar-refractivity contribution in [3.05, 3.63) is 29.8 Å². The number of epoxide rings is 1. The van der Waals surface area contributed by atoms with E-state index in [4.69, 9.17) is 14.2 Å². The fourth-order valence-electron chi connectivity index (χ4n) is 5.78. The Morgan fingerprint density at radius 2 is 1.56 bits per heavy atom. The van der Waals surface area contributed by atoms with E-state index in [-0.39, 0.29) is 24.0 Å². The number of hydrogen-bond donors (Lipinski definition) is 3. The van der Waals surface area contributed by atoms with Gasteiger partial charge in [0, 0.05) is 26.1 Å². The van der Waals surface area contributed by atoms with Gasteiger partial charge in [-0.1, -0.05) is 37.8 Å². The lowest BCUT2D eigenvalue weighted by molar-refractivity contribution is -0.134. The zero-order chi connectivity index (χ0) is 29.4. The van der Waals surface area contributed by atoms with Crippen LogP contribution in [-0.2, 0) is 35.1 Å². The summed E-state index contributed by atoms with van der Waals surface area (Å²) in [4.78, 5) is 52.8. The predicted molar refractivity (Wildman–Crippen MR) is 152 cm³/mol. The van der Waals surface area contributed by atoms with Crippen LogP contribution in [0.1, 0.15) is 70.8 Å². The number of nitrogens with one attached hydrogen (secondary N) is 3. The van der Waals surface area contributed by atoms with Gasteiger partial charge in [-0.15, -0.1) is 0 Å². The first-order valence-corrected chi connectivity index (χ1v) is 15.0. The fraction of sp³-hybridized carbons (Fsp3) is 0.677. The maximum Gasteiger partial charge on any atom is 0.243 e. The first-order chi connectivity index (χ1) is 19.7. The van der Waals surface area contributed by atoms with Crippen LogP contribution in [0.15, 0.2) is 24.3 Å². The Hall–Kier alpha value is -2.98. The Labute approximate surface area is 242 Å². The van der Waals surface area contributed by atoms with Gasteiger partial charge < -0.3 is 30.2 Å². The van der Waals surface area contributed by atoms with Crippen molar-refractivity contribution in [2.75, 3.05) is 26.9 Å². The van der Waals surface area contributed by atoms with Crippen LogP contribution in [-0.4, -0.2) is 74.2 Å². The van der Waals surface area contributed by atoms with Gasteiger partial charge in [-0.3, -0.25) is 19.2 Å². The molecule has 1 aromatic rings. The van der Waals surface area contributed by atoms with E-state index in [0.29, 0.717) is 44.3 Å². The lowest BCUT2D eigenvalue weighted by Gasteiger charge is -2.27. The Kier molecular flexibility index (Phi) is 10.8. The molecular weight excluding hydrogens is 526 g/mol. The Bertz CT molecular complexity index is 1060. The third kappa shape index (κ3) is 9.00. The lowest BCUT2D eigenvalue weighted by atomic mass is 9.90. The molecule has 10 nitrogen and oxygen atoms in total. The summed E-state index contributed by atoms with van der Waals surface area (Å²) in [6, 6.07) is 4.80. The zero-order valence-corrected chi connectivity index (χ0v) is 24.5. The van der Waals surface area contributed by atoms with E-state index >= 15 is 0 Å². The third-order valence-electron chi connectivity index (χ3n) is 8.59. The molecule has 4 atom stereocenters. The highest BCUT2D eigenvalue weighted by Crippen LogP contribution is 2.33. The molecule has 226 valence electrons. The molecule has 0 aromatic heterocycles. The molecule has 0 bridgehead atoms. The van der Waals surface area contributed by atoms with Crippen LogP contribution in [0.2, 0.25) is 0 Å². The van der Waals surface area contributed by atoms with Gasteiger partial charge in [-0.05, 0) is 62.6 Å². The zero-order valence-electron chi connectivity index (χ0n) is 24.5. The highest BCUT2D eigenvalue weighted by molar-refractivity contribution is 5.98. The lowest BCUT2D eigenvalue weighted by Crippen LogP contribution is -2.57. The minimum Gasteiger partial charge on any atom is -0.497 e. The van der Waals surface area contributed by atoms with Crippen LogP contribution >= 0.6 is 0 Å². The molecule has 1 aliphatic carbocycles. The number of ether oxygens (including phenoxy) is 3. The molecular formula is C31H45N3O7. The van der Waals surface area contributed by atoms with Gasteiger partial charge in [0.2, 0.25) is 17.7 Å². The van der Waals surface area contributed by atoms with Gasteiger partial charge in [-0.25, -0.2) is 0 Å². The number of hydrogen-bond acceptors (Lipinski definition) is 7. The predicted octanol–water partition coefficient (Wildman–Crippen LogP) is 2.47. The van der Waals surface area contributed by atoms with Crippen LogP contribution in [0.4, 0.5) is 0 Å². The van der Waals surface area contributed by atoms with Crippen molar-refractivity contribution in [2.45, 2.75) is 95.4 Å². The number of methoxy groups -OCH3 is 1. The second-order valence-corrected chi connectivity index (χ2v) is 12.0. The number of Topliss-reactive ketones (excluding diaryl/α,β-unsaturated/α-hetero) is 1.